The van der Waals surface area contributed by atoms with E-state index in [1.165, 1.54) is 0 Å². The number of aromatic nitrogens is 1. The fraction of sp³-hybridized carbons (Fsp3) is 0.231. The van der Waals surface area contributed by atoms with E-state index >= 15 is 0 Å². The smallest absolute Gasteiger partial charge is 0.339 e. The highest BCUT2D eigenvalue weighted by Gasteiger charge is 2.12. The number of carbonyl (C=O) groups is 1. The van der Waals surface area contributed by atoms with Crippen LogP contribution < -0.4 is 0 Å². The van der Waals surface area contributed by atoms with Gasteiger partial charge >= 0.3 is 5.97 Å². The van der Waals surface area contributed by atoms with Crippen LogP contribution in [0.5, 0.6) is 0 Å². The van der Waals surface area contributed by atoms with E-state index in [1.54, 1.807) is 6.92 Å². The molecule has 3 nitrogen and oxygen atoms in total. The van der Waals surface area contributed by atoms with Crippen LogP contribution in [-0.2, 0) is 4.74 Å². The van der Waals surface area contributed by atoms with Crippen molar-refractivity contribution in [1.29, 1.82) is 0 Å². The summed E-state index contributed by atoms with van der Waals surface area (Å²) in [5, 5.41) is 0.924. The van der Waals surface area contributed by atoms with Gasteiger partial charge in [-0.2, -0.15) is 0 Å². The highest BCUT2D eigenvalue weighted by atomic mass is 79.9. The highest BCUT2D eigenvalue weighted by Crippen LogP contribution is 2.21. The number of esters is 1. The molecule has 0 aliphatic heterocycles. The van der Waals surface area contributed by atoms with E-state index in [-0.39, 0.29) is 5.97 Å². The molecule has 2 aromatic rings. The molecule has 0 fully saturated rings. The number of halogens is 1. The summed E-state index contributed by atoms with van der Waals surface area (Å²) in [6.45, 7) is 3.97. The second-order valence-electron chi connectivity index (χ2n) is 3.68. The van der Waals surface area contributed by atoms with Crippen LogP contribution in [0.3, 0.4) is 0 Å². The molecule has 0 unspecified atom stereocenters. The molecule has 0 saturated heterocycles. The maximum atomic E-state index is 11.7. The van der Waals surface area contributed by atoms with E-state index in [0.29, 0.717) is 17.9 Å². The summed E-state index contributed by atoms with van der Waals surface area (Å²) in [6.07, 6.45) is 0. The van der Waals surface area contributed by atoms with Crippen molar-refractivity contribution in [2.45, 2.75) is 13.8 Å². The van der Waals surface area contributed by atoms with E-state index in [9.17, 15) is 4.79 Å². The van der Waals surface area contributed by atoms with Crippen molar-refractivity contribution in [3.63, 3.8) is 0 Å². The summed E-state index contributed by atoms with van der Waals surface area (Å²) in [5.74, 6) is -0.320. The molecule has 1 aromatic carbocycles. The van der Waals surface area contributed by atoms with Crippen molar-refractivity contribution in [3.05, 3.63) is 40.0 Å². The number of fused-ring (bicyclic) bond motifs is 1. The van der Waals surface area contributed by atoms with Gasteiger partial charge < -0.3 is 4.74 Å². The molecule has 0 amide bonds. The normalized spacial score (nSPS) is 10.5. The van der Waals surface area contributed by atoms with Crippen molar-refractivity contribution in [2.24, 2.45) is 0 Å². The second kappa shape index (κ2) is 4.84. The van der Waals surface area contributed by atoms with Crippen molar-refractivity contribution in [2.75, 3.05) is 6.61 Å². The Labute approximate surface area is 108 Å². The fourth-order valence-electron chi connectivity index (χ4n) is 1.66. The Balaban J connectivity index is 2.57. The van der Waals surface area contributed by atoms with Crippen LogP contribution in [0, 0.1) is 6.92 Å². The van der Waals surface area contributed by atoms with Crippen molar-refractivity contribution in [3.8, 4) is 0 Å². The lowest BCUT2D eigenvalue weighted by atomic mass is 10.1. The average molecular weight is 294 g/mol. The predicted octanol–water partition coefficient (Wildman–Crippen LogP) is 3.48. The average Bonchev–Trinajstić information content (AvgIpc) is 2.29. The SMILES string of the molecule is CCOC(=O)c1cc2cc(Br)ccc2nc1C. The van der Waals surface area contributed by atoms with Crippen molar-refractivity contribution in [1.82, 2.24) is 4.98 Å². The van der Waals surface area contributed by atoms with Gasteiger partial charge in [0.15, 0.2) is 0 Å². The van der Waals surface area contributed by atoms with Gasteiger partial charge in [0, 0.05) is 9.86 Å². The van der Waals surface area contributed by atoms with Gasteiger partial charge in [0.1, 0.15) is 0 Å². The standard InChI is InChI=1S/C13H12BrNO2/c1-3-17-13(16)11-7-9-6-10(14)4-5-12(9)15-8(11)2/h4-7H,3H2,1-2H3. The summed E-state index contributed by atoms with van der Waals surface area (Å²) in [5.41, 5.74) is 2.09. The summed E-state index contributed by atoms with van der Waals surface area (Å²) in [6, 6.07) is 7.60. The molecule has 1 heterocycles. The first-order valence-electron chi connectivity index (χ1n) is 5.36. The number of benzene rings is 1. The van der Waals surface area contributed by atoms with Crippen LogP contribution in [-0.4, -0.2) is 17.6 Å². The molecule has 88 valence electrons. The zero-order valence-corrected chi connectivity index (χ0v) is 11.2. The Morgan fingerprint density at radius 2 is 2.18 bits per heavy atom. The van der Waals surface area contributed by atoms with Gasteiger partial charge in [-0.25, -0.2) is 4.79 Å². The largest absolute Gasteiger partial charge is 0.462 e. The Bertz CT molecular complexity index is 581. The number of hydrogen-bond acceptors (Lipinski definition) is 3. The molecule has 0 spiro atoms. The summed E-state index contributed by atoms with van der Waals surface area (Å²) >= 11 is 3.40. The minimum Gasteiger partial charge on any atom is -0.462 e. The number of nitrogens with zero attached hydrogens (tertiary/aromatic N) is 1. The summed E-state index contributed by atoms with van der Waals surface area (Å²) in [4.78, 5) is 16.1. The number of carbonyl (C=O) groups excluding carboxylic acids is 1. The van der Waals surface area contributed by atoms with Crippen molar-refractivity contribution < 1.29 is 9.53 Å². The quantitative estimate of drug-likeness (QED) is 0.796. The van der Waals surface area contributed by atoms with Gasteiger partial charge in [0.05, 0.1) is 23.4 Å². The lowest BCUT2D eigenvalue weighted by Gasteiger charge is -2.07. The van der Waals surface area contributed by atoms with Gasteiger partial charge in [-0.15, -0.1) is 0 Å². The van der Waals surface area contributed by atoms with Crippen LogP contribution in [0.4, 0.5) is 0 Å². The molecule has 2 rings (SSSR count). The number of pyridine rings is 1. The van der Waals surface area contributed by atoms with Gasteiger partial charge in [-0.3, -0.25) is 4.98 Å². The molecule has 0 aliphatic rings. The van der Waals surface area contributed by atoms with Crippen LogP contribution >= 0.6 is 15.9 Å². The minimum absolute atomic E-state index is 0.320. The highest BCUT2D eigenvalue weighted by molar-refractivity contribution is 9.10. The summed E-state index contributed by atoms with van der Waals surface area (Å²) in [7, 11) is 0. The number of rotatable bonds is 2. The van der Waals surface area contributed by atoms with E-state index in [4.69, 9.17) is 4.74 Å². The topological polar surface area (TPSA) is 39.2 Å². The molecule has 0 aliphatic carbocycles. The third kappa shape index (κ3) is 2.47. The number of aryl methyl sites for hydroxylation is 1. The third-order valence-electron chi connectivity index (χ3n) is 2.46. The van der Waals surface area contributed by atoms with Gasteiger partial charge in [-0.1, -0.05) is 15.9 Å². The Morgan fingerprint density at radius 1 is 1.41 bits per heavy atom. The van der Waals surface area contributed by atoms with Gasteiger partial charge in [0.2, 0.25) is 0 Å². The maximum absolute atomic E-state index is 11.7. The van der Waals surface area contributed by atoms with Crippen LogP contribution in [0.15, 0.2) is 28.7 Å². The van der Waals surface area contributed by atoms with E-state index in [2.05, 4.69) is 20.9 Å². The van der Waals surface area contributed by atoms with E-state index in [1.807, 2.05) is 31.2 Å². The molecule has 1 aromatic heterocycles. The monoisotopic (exact) mass is 293 g/mol. The Morgan fingerprint density at radius 3 is 2.88 bits per heavy atom. The molecular formula is C13H12BrNO2. The number of ether oxygens (including phenoxy) is 1. The Hall–Kier alpha value is -1.42. The molecule has 0 saturated carbocycles. The zero-order chi connectivity index (χ0) is 12.4. The molecule has 0 radical (unpaired) electrons. The van der Waals surface area contributed by atoms with Crippen LogP contribution in [0.2, 0.25) is 0 Å². The molecule has 4 heteroatoms. The first kappa shape index (κ1) is 12.0. The van der Waals surface area contributed by atoms with Crippen LogP contribution in [0.1, 0.15) is 23.0 Å². The van der Waals surface area contributed by atoms with Crippen molar-refractivity contribution >= 4 is 32.8 Å². The lowest BCUT2D eigenvalue weighted by Crippen LogP contribution is -2.07. The third-order valence-corrected chi connectivity index (χ3v) is 2.96. The molecule has 0 bridgehead atoms. The second-order valence-corrected chi connectivity index (χ2v) is 4.59. The predicted molar refractivity (Wildman–Crippen MR) is 70.1 cm³/mol. The summed E-state index contributed by atoms with van der Waals surface area (Å²) < 4.78 is 5.96. The fourth-order valence-corrected chi connectivity index (χ4v) is 2.04. The zero-order valence-electron chi connectivity index (χ0n) is 9.66. The Kier molecular flexibility index (Phi) is 3.43. The van der Waals surface area contributed by atoms with Gasteiger partial charge in [-0.05, 0) is 38.1 Å². The minimum atomic E-state index is -0.320. The first-order chi connectivity index (χ1) is 8.11. The van der Waals surface area contributed by atoms with E-state index < -0.39 is 0 Å². The molecule has 0 atom stereocenters. The molecular weight excluding hydrogens is 282 g/mol. The van der Waals surface area contributed by atoms with Gasteiger partial charge in [0.25, 0.3) is 0 Å². The van der Waals surface area contributed by atoms with E-state index in [0.717, 1.165) is 15.4 Å². The number of hydrogen-bond donors (Lipinski definition) is 0. The van der Waals surface area contributed by atoms with Crippen LogP contribution in [0.25, 0.3) is 10.9 Å². The maximum Gasteiger partial charge on any atom is 0.339 e. The molecule has 17 heavy (non-hydrogen) atoms. The molecule has 0 N–H and O–H groups in total. The first-order valence-corrected chi connectivity index (χ1v) is 6.15. The lowest BCUT2D eigenvalue weighted by molar-refractivity contribution is 0.0525.